The van der Waals surface area contributed by atoms with Crippen LogP contribution in [0, 0.1) is 5.92 Å². The summed E-state index contributed by atoms with van der Waals surface area (Å²) in [4.78, 5) is 23.4. The van der Waals surface area contributed by atoms with Gasteiger partial charge in [0.2, 0.25) is 11.8 Å². The van der Waals surface area contributed by atoms with E-state index in [2.05, 4.69) is 10.6 Å². The van der Waals surface area contributed by atoms with E-state index in [1.54, 1.807) is 25.3 Å². The third-order valence-electron chi connectivity index (χ3n) is 3.75. The highest BCUT2D eigenvalue weighted by Gasteiger charge is 2.22. The average Bonchev–Trinajstić information content (AvgIpc) is 2.48. The zero-order valence-electron chi connectivity index (χ0n) is 12.6. The molecular weight excluding hydrogens is 268 g/mol. The van der Waals surface area contributed by atoms with Gasteiger partial charge in [0.05, 0.1) is 12.8 Å². The maximum absolute atomic E-state index is 12.3. The molecule has 2 N–H and O–H groups in total. The lowest BCUT2D eigenvalue weighted by Crippen LogP contribution is -2.25. The van der Waals surface area contributed by atoms with Gasteiger partial charge in [-0.3, -0.25) is 9.59 Å². The number of benzene rings is 1. The molecule has 1 fully saturated rings. The molecule has 0 aliphatic heterocycles. The van der Waals surface area contributed by atoms with Crippen LogP contribution >= 0.6 is 0 Å². The van der Waals surface area contributed by atoms with Crippen molar-refractivity contribution in [3.8, 4) is 5.75 Å². The van der Waals surface area contributed by atoms with Crippen LogP contribution in [0.2, 0.25) is 0 Å². The predicted octanol–water partition coefficient (Wildman–Crippen LogP) is 3.17. The summed E-state index contributed by atoms with van der Waals surface area (Å²) in [6.07, 6.45) is 5.33. The Morgan fingerprint density at radius 2 is 1.86 bits per heavy atom. The van der Waals surface area contributed by atoms with E-state index < -0.39 is 0 Å². The zero-order valence-corrected chi connectivity index (χ0v) is 12.6. The largest absolute Gasteiger partial charge is 0.495 e. The second kappa shape index (κ2) is 7.11. The SMILES string of the molecule is COc1ccc(NC(C)=O)cc1NC(=O)C1CCCCC1. The number of rotatable bonds is 4. The van der Waals surface area contributed by atoms with Crippen LogP contribution in [0.25, 0.3) is 0 Å². The van der Waals surface area contributed by atoms with E-state index >= 15 is 0 Å². The first-order chi connectivity index (χ1) is 10.1. The zero-order chi connectivity index (χ0) is 15.2. The minimum absolute atomic E-state index is 0.0352. The van der Waals surface area contributed by atoms with E-state index in [1.165, 1.54) is 13.3 Å². The minimum Gasteiger partial charge on any atom is -0.495 e. The van der Waals surface area contributed by atoms with Gasteiger partial charge in [-0.25, -0.2) is 0 Å². The quantitative estimate of drug-likeness (QED) is 0.895. The van der Waals surface area contributed by atoms with Gasteiger partial charge in [0, 0.05) is 18.5 Å². The predicted molar refractivity (Wildman–Crippen MR) is 82.5 cm³/mol. The van der Waals surface area contributed by atoms with Gasteiger partial charge < -0.3 is 15.4 Å². The van der Waals surface area contributed by atoms with Crippen molar-refractivity contribution in [2.75, 3.05) is 17.7 Å². The van der Waals surface area contributed by atoms with Gasteiger partial charge in [-0.2, -0.15) is 0 Å². The molecule has 21 heavy (non-hydrogen) atoms. The van der Waals surface area contributed by atoms with E-state index in [0.717, 1.165) is 25.7 Å². The summed E-state index contributed by atoms with van der Waals surface area (Å²) < 4.78 is 5.27. The Labute approximate surface area is 125 Å². The van der Waals surface area contributed by atoms with Crippen molar-refractivity contribution in [2.45, 2.75) is 39.0 Å². The smallest absolute Gasteiger partial charge is 0.227 e. The molecule has 1 aliphatic rings. The number of amides is 2. The van der Waals surface area contributed by atoms with Crippen molar-refractivity contribution in [1.29, 1.82) is 0 Å². The van der Waals surface area contributed by atoms with Crippen LogP contribution in [-0.2, 0) is 9.59 Å². The Morgan fingerprint density at radius 3 is 2.48 bits per heavy atom. The van der Waals surface area contributed by atoms with Gasteiger partial charge in [-0.05, 0) is 31.0 Å². The normalized spacial score (nSPS) is 15.3. The number of methoxy groups -OCH3 is 1. The van der Waals surface area contributed by atoms with E-state index in [1.807, 2.05) is 0 Å². The Bertz CT molecular complexity index is 522. The molecule has 0 spiro atoms. The average molecular weight is 290 g/mol. The van der Waals surface area contributed by atoms with Gasteiger partial charge in [0.15, 0.2) is 0 Å². The van der Waals surface area contributed by atoms with E-state index in [4.69, 9.17) is 4.74 Å². The molecule has 0 radical (unpaired) electrons. The Kier molecular flexibility index (Phi) is 5.20. The van der Waals surface area contributed by atoms with Crippen molar-refractivity contribution >= 4 is 23.2 Å². The fraction of sp³-hybridized carbons (Fsp3) is 0.500. The van der Waals surface area contributed by atoms with Crippen LogP contribution in [0.4, 0.5) is 11.4 Å². The van der Waals surface area contributed by atoms with Crippen molar-refractivity contribution in [3.63, 3.8) is 0 Å². The molecule has 0 aromatic heterocycles. The highest BCUT2D eigenvalue weighted by molar-refractivity contribution is 5.96. The molecule has 1 aromatic rings. The Hall–Kier alpha value is -2.04. The van der Waals surface area contributed by atoms with E-state index in [9.17, 15) is 9.59 Å². The molecule has 1 saturated carbocycles. The molecule has 114 valence electrons. The molecule has 0 saturated heterocycles. The van der Waals surface area contributed by atoms with Crippen LogP contribution < -0.4 is 15.4 Å². The van der Waals surface area contributed by atoms with Gasteiger partial charge in [0.1, 0.15) is 5.75 Å². The minimum atomic E-state index is -0.148. The molecule has 1 aliphatic carbocycles. The molecule has 0 atom stereocenters. The Morgan fingerprint density at radius 1 is 1.14 bits per heavy atom. The summed E-state index contributed by atoms with van der Waals surface area (Å²) in [6, 6.07) is 5.21. The number of nitrogens with one attached hydrogen (secondary N) is 2. The molecule has 2 amide bonds. The second-order valence-corrected chi connectivity index (χ2v) is 5.42. The third kappa shape index (κ3) is 4.21. The maximum atomic E-state index is 12.3. The number of anilines is 2. The molecular formula is C16H22N2O3. The Balaban J connectivity index is 2.12. The molecule has 5 nitrogen and oxygen atoms in total. The summed E-state index contributed by atoms with van der Waals surface area (Å²) in [6.45, 7) is 1.45. The summed E-state index contributed by atoms with van der Waals surface area (Å²) in [5.74, 6) is 0.554. The van der Waals surface area contributed by atoms with Gasteiger partial charge >= 0.3 is 0 Å². The van der Waals surface area contributed by atoms with Gasteiger partial charge in [-0.15, -0.1) is 0 Å². The van der Waals surface area contributed by atoms with E-state index in [0.29, 0.717) is 17.1 Å². The second-order valence-electron chi connectivity index (χ2n) is 5.42. The van der Waals surface area contributed by atoms with E-state index in [-0.39, 0.29) is 17.7 Å². The summed E-state index contributed by atoms with van der Waals surface area (Å²) >= 11 is 0. The van der Waals surface area contributed by atoms with Crippen molar-refractivity contribution in [2.24, 2.45) is 5.92 Å². The molecule has 2 rings (SSSR count). The lowest BCUT2D eigenvalue weighted by Gasteiger charge is -2.21. The molecule has 5 heteroatoms. The number of carbonyl (C=O) groups excluding carboxylic acids is 2. The van der Waals surface area contributed by atoms with Crippen LogP contribution in [0.3, 0.4) is 0 Å². The van der Waals surface area contributed by atoms with Gasteiger partial charge in [0.25, 0.3) is 0 Å². The topological polar surface area (TPSA) is 67.4 Å². The fourth-order valence-electron chi connectivity index (χ4n) is 2.69. The van der Waals surface area contributed by atoms with Crippen molar-refractivity contribution in [3.05, 3.63) is 18.2 Å². The summed E-state index contributed by atoms with van der Waals surface area (Å²) in [7, 11) is 1.56. The van der Waals surface area contributed by atoms with Crippen molar-refractivity contribution in [1.82, 2.24) is 0 Å². The van der Waals surface area contributed by atoms with Crippen molar-refractivity contribution < 1.29 is 14.3 Å². The van der Waals surface area contributed by atoms with Crippen LogP contribution in [-0.4, -0.2) is 18.9 Å². The monoisotopic (exact) mass is 290 g/mol. The third-order valence-corrected chi connectivity index (χ3v) is 3.75. The maximum Gasteiger partial charge on any atom is 0.227 e. The summed E-state index contributed by atoms with van der Waals surface area (Å²) in [5, 5.41) is 5.63. The van der Waals surface area contributed by atoms with Crippen LogP contribution in [0.15, 0.2) is 18.2 Å². The lowest BCUT2D eigenvalue weighted by atomic mass is 9.88. The highest BCUT2D eigenvalue weighted by atomic mass is 16.5. The van der Waals surface area contributed by atoms with Crippen LogP contribution in [0.1, 0.15) is 39.0 Å². The molecule has 0 bridgehead atoms. The number of ether oxygens (including phenoxy) is 1. The number of hydrogen-bond donors (Lipinski definition) is 2. The fourth-order valence-corrected chi connectivity index (χ4v) is 2.69. The van der Waals surface area contributed by atoms with Gasteiger partial charge in [-0.1, -0.05) is 19.3 Å². The number of carbonyl (C=O) groups is 2. The number of hydrogen-bond acceptors (Lipinski definition) is 3. The van der Waals surface area contributed by atoms with Crippen LogP contribution in [0.5, 0.6) is 5.75 Å². The first-order valence-electron chi connectivity index (χ1n) is 7.36. The molecule has 1 aromatic carbocycles. The standard InChI is InChI=1S/C16H22N2O3/c1-11(19)17-13-8-9-15(21-2)14(10-13)18-16(20)12-6-4-3-5-7-12/h8-10,12H,3-7H2,1-2H3,(H,17,19)(H,18,20). The lowest BCUT2D eigenvalue weighted by molar-refractivity contribution is -0.120. The molecule has 0 heterocycles. The first-order valence-corrected chi connectivity index (χ1v) is 7.36. The highest BCUT2D eigenvalue weighted by Crippen LogP contribution is 2.30. The summed E-state index contributed by atoms with van der Waals surface area (Å²) in [5.41, 5.74) is 1.24. The first kappa shape index (κ1) is 15.4. The molecule has 0 unspecified atom stereocenters.